The number of halogens is 2. The Morgan fingerprint density at radius 3 is 1.46 bits per heavy atom. The van der Waals surface area contributed by atoms with Crippen molar-refractivity contribution < 1.29 is 47.2 Å². The van der Waals surface area contributed by atoms with Gasteiger partial charge in [0.15, 0.2) is 13.2 Å². The average Bonchev–Trinajstić information content (AvgIpc) is 3.82. The number of hydrogen-bond acceptors (Lipinski definition) is 7. The Bertz CT molecular complexity index is 2380. The van der Waals surface area contributed by atoms with E-state index in [4.69, 9.17) is 24.1 Å². The highest BCUT2D eigenvalue weighted by Crippen LogP contribution is 2.40. The van der Waals surface area contributed by atoms with Gasteiger partial charge in [0.1, 0.15) is 46.8 Å². The number of esters is 1. The van der Waals surface area contributed by atoms with Crippen LogP contribution in [-0.4, -0.2) is 37.4 Å². The summed E-state index contributed by atoms with van der Waals surface area (Å²) < 4.78 is 54.8. The topological polar surface area (TPSA) is 101 Å². The molecule has 10 heteroatoms. The lowest BCUT2D eigenvalue weighted by atomic mass is 10.00. The van der Waals surface area contributed by atoms with Crippen LogP contribution in [0.2, 0.25) is 0 Å². The standard InChI is InChI=1S/C24H21FO4.C23H19FO4/c1-27-24(26)15-28-20-6-3-7-21(14-20)29-23-11-10-16-8-9-18(13-22(16)23)17-4-2-5-19(25)12-17;24-18-4-1-3-16(11-18)17-8-7-15-9-10-22(21(15)12-17)28-20-6-2-5-19(13-20)27-14-23(25)26/h2-9,12-14,23H,10-11,15H2,1H3;1-8,11-13,22H,9-10,14H2,(H,25,26). The van der Waals surface area contributed by atoms with Gasteiger partial charge in [-0.15, -0.1) is 0 Å². The Kier molecular flexibility index (Phi) is 12.1. The zero-order chi connectivity index (χ0) is 39.7. The molecule has 6 aromatic carbocycles. The first-order chi connectivity index (χ1) is 27.7. The quantitative estimate of drug-likeness (QED) is 0.123. The number of aliphatic carboxylic acids is 1. The fourth-order valence-electron chi connectivity index (χ4n) is 7.02. The van der Waals surface area contributed by atoms with Gasteiger partial charge in [-0.3, -0.25) is 0 Å². The maximum atomic E-state index is 13.6. The van der Waals surface area contributed by atoms with Crippen LogP contribution in [0.25, 0.3) is 22.3 Å². The molecule has 1 N–H and O–H groups in total. The molecule has 290 valence electrons. The Balaban J connectivity index is 0.000000174. The fourth-order valence-corrected chi connectivity index (χ4v) is 7.02. The number of rotatable bonds is 12. The van der Waals surface area contributed by atoms with E-state index in [1.807, 2.05) is 42.5 Å². The molecule has 0 bridgehead atoms. The van der Waals surface area contributed by atoms with E-state index in [0.717, 1.165) is 59.1 Å². The van der Waals surface area contributed by atoms with Crippen molar-refractivity contribution in [3.63, 3.8) is 0 Å². The first-order valence-corrected chi connectivity index (χ1v) is 18.6. The first-order valence-electron chi connectivity index (χ1n) is 18.6. The third-order valence-corrected chi connectivity index (χ3v) is 9.77. The zero-order valence-electron chi connectivity index (χ0n) is 31.2. The van der Waals surface area contributed by atoms with Crippen molar-refractivity contribution in [2.45, 2.75) is 37.9 Å². The molecule has 2 atom stereocenters. The molecule has 2 aliphatic carbocycles. The lowest BCUT2D eigenvalue weighted by Crippen LogP contribution is -2.12. The number of carboxylic acids is 1. The van der Waals surface area contributed by atoms with Crippen LogP contribution in [-0.2, 0) is 27.2 Å². The molecular formula is C47H40F2O8. The minimum absolute atomic E-state index is 0.0885. The summed E-state index contributed by atoms with van der Waals surface area (Å²) in [6.45, 7) is -0.546. The van der Waals surface area contributed by atoms with Gasteiger partial charge in [0.25, 0.3) is 0 Å². The Hall–Kier alpha value is -6.68. The molecule has 0 heterocycles. The summed E-state index contributed by atoms with van der Waals surface area (Å²) in [6.07, 6.45) is 3.37. The first kappa shape index (κ1) is 38.6. The van der Waals surface area contributed by atoms with Gasteiger partial charge in [-0.05, 0) is 131 Å². The van der Waals surface area contributed by atoms with Crippen LogP contribution >= 0.6 is 0 Å². The molecular weight excluding hydrogens is 731 g/mol. The van der Waals surface area contributed by atoms with E-state index in [0.29, 0.717) is 23.0 Å². The third kappa shape index (κ3) is 9.96. The van der Waals surface area contributed by atoms with Crippen molar-refractivity contribution in [2.24, 2.45) is 0 Å². The molecule has 0 amide bonds. The molecule has 0 saturated carbocycles. The van der Waals surface area contributed by atoms with Crippen molar-refractivity contribution >= 4 is 11.9 Å². The van der Waals surface area contributed by atoms with Gasteiger partial charge in [-0.1, -0.05) is 60.7 Å². The minimum Gasteiger partial charge on any atom is -0.486 e. The summed E-state index contributed by atoms with van der Waals surface area (Å²) in [6, 6.07) is 39.7. The normalized spacial score (nSPS) is 15.0. The summed E-state index contributed by atoms with van der Waals surface area (Å²) >= 11 is 0. The molecule has 57 heavy (non-hydrogen) atoms. The number of carbonyl (C=O) groups is 2. The van der Waals surface area contributed by atoms with Crippen LogP contribution in [0, 0.1) is 11.6 Å². The SMILES string of the molecule is COC(=O)COc1cccc(OC2CCc3ccc(-c4cccc(F)c4)cc32)c1.O=C(O)COc1cccc(OC2CCc3ccc(-c4cccc(F)c4)cc32)c1. The Morgan fingerprint density at radius 1 is 0.561 bits per heavy atom. The number of hydrogen-bond donors (Lipinski definition) is 1. The minimum atomic E-state index is -1.03. The Morgan fingerprint density at radius 2 is 1.00 bits per heavy atom. The van der Waals surface area contributed by atoms with Crippen LogP contribution in [0.4, 0.5) is 8.78 Å². The zero-order valence-corrected chi connectivity index (χ0v) is 31.2. The van der Waals surface area contributed by atoms with E-state index in [2.05, 4.69) is 29.0 Å². The van der Waals surface area contributed by atoms with Crippen molar-refractivity contribution in [3.8, 4) is 45.3 Å². The highest BCUT2D eigenvalue weighted by molar-refractivity contribution is 5.71. The summed E-state index contributed by atoms with van der Waals surface area (Å²) in [5.74, 6) is 0.305. The summed E-state index contributed by atoms with van der Waals surface area (Å²) in [5, 5.41) is 8.74. The molecule has 0 radical (unpaired) electrons. The van der Waals surface area contributed by atoms with Gasteiger partial charge in [0, 0.05) is 12.1 Å². The maximum absolute atomic E-state index is 13.6. The number of benzene rings is 6. The fraction of sp³-hybridized carbons (Fsp3) is 0.191. The number of fused-ring (bicyclic) bond motifs is 2. The van der Waals surface area contributed by atoms with Crippen LogP contribution < -0.4 is 18.9 Å². The van der Waals surface area contributed by atoms with Crippen LogP contribution in [0.5, 0.6) is 23.0 Å². The molecule has 6 aromatic rings. The molecule has 2 unspecified atom stereocenters. The molecule has 0 spiro atoms. The predicted molar refractivity (Wildman–Crippen MR) is 211 cm³/mol. The van der Waals surface area contributed by atoms with Gasteiger partial charge in [-0.2, -0.15) is 0 Å². The van der Waals surface area contributed by atoms with Gasteiger partial charge in [0.05, 0.1) is 7.11 Å². The molecule has 0 saturated heterocycles. The molecule has 8 nitrogen and oxygen atoms in total. The van der Waals surface area contributed by atoms with Crippen molar-refractivity contribution in [1.29, 1.82) is 0 Å². The Labute approximate surface area is 329 Å². The lowest BCUT2D eigenvalue weighted by Gasteiger charge is -2.16. The second-order valence-electron chi connectivity index (χ2n) is 13.6. The molecule has 0 fully saturated rings. The van der Waals surface area contributed by atoms with E-state index in [9.17, 15) is 18.4 Å². The number of methoxy groups -OCH3 is 1. The average molecular weight is 771 g/mol. The number of carbonyl (C=O) groups excluding carboxylic acids is 1. The number of ether oxygens (including phenoxy) is 5. The summed E-state index contributed by atoms with van der Waals surface area (Å²) in [4.78, 5) is 21.9. The van der Waals surface area contributed by atoms with Gasteiger partial charge in [-0.25, -0.2) is 18.4 Å². The predicted octanol–water partition coefficient (Wildman–Crippen LogP) is 10.1. The van der Waals surface area contributed by atoms with E-state index in [1.54, 1.807) is 42.5 Å². The van der Waals surface area contributed by atoms with E-state index in [1.165, 1.54) is 42.5 Å². The van der Waals surface area contributed by atoms with Gasteiger partial charge in [0.2, 0.25) is 0 Å². The highest BCUT2D eigenvalue weighted by atomic mass is 19.1. The summed E-state index contributed by atoms with van der Waals surface area (Å²) in [7, 11) is 1.32. The monoisotopic (exact) mass is 770 g/mol. The molecule has 2 aliphatic rings. The van der Waals surface area contributed by atoms with Crippen molar-refractivity contribution in [3.05, 3.63) is 167 Å². The van der Waals surface area contributed by atoms with E-state index >= 15 is 0 Å². The van der Waals surface area contributed by atoms with Gasteiger partial charge < -0.3 is 28.8 Å². The third-order valence-electron chi connectivity index (χ3n) is 9.77. The van der Waals surface area contributed by atoms with Crippen LogP contribution in [0.15, 0.2) is 133 Å². The van der Waals surface area contributed by atoms with Gasteiger partial charge >= 0.3 is 11.9 Å². The van der Waals surface area contributed by atoms with Crippen LogP contribution in [0.3, 0.4) is 0 Å². The number of aryl methyl sites for hydroxylation is 2. The second-order valence-corrected chi connectivity index (χ2v) is 13.6. The summed E-state index contributed by atoms with van der Waals surface area (Å²) in [5.41, 5.74) is 8.28. The molecule has 0 aromatic heterocycles. The second kappa shape index (κ2) is 17.8. The van der Waals surface area contributed by atoms with Crippen LogP contribution in [0.1, 0.15) is 47.3 Å². The smallest absolute Gasteiger partial charge is 0.343 e. The largest absolute Gasteiger partial charge is 0.486 e. The number of carboxylic acid groups (broad SMARTS) is 1. The van der Waals surface area contributed by atoms with E-state index < -0.39 is 18.5 Å². The lowest BCUT2D eigenvalue weighted by molar-refractivity contribution is -0.143. The van der Waals surface area contributed by atoms with Crippen molar-refractivity contribution in [2.75, 3.05) is 20.3 Å². The van der Waals surface area contributed by atoms with E-state index in [-0.39, 0.29) is 30.4 Å². The van der Waals surface area contributed by atoms with Crippen molar-refractivity contribution in [1.82, 2.24) is 0 Å². The molecule has 0 aliphatic heterocycles. The molecule has 8 rings (SSSR count). The maximum Gasteiger partial charge on any atom is 0.343 e. The highest BCUT2D eigenvalue weighted by Gasteiger charge is 2.26.